The molecule has 106 valence electrons. The average Bonchev–Trinajstić information content (AvgIpc) is 2.45. The first-order valence-corrected chi connectivity index (χ1v) is 7.05. The highest BCUT2D eigenvalue weighted by Gasteiger charge is 2.30. The Morgan fingerprint density at radius 2 is 2.05 bits per heavy atom. The SMILES string of the molecule is COc1cc(C)nc(CNC2(CO)CCCCC2)c1. The molecule has 1 aromatic rings. The van der Waals surface area contributed by atoms with Crippen LogP contribution in [0.25, 0.3) is 0 Å². The minimum Gasteiger partial charge on any atom is -0.497 e. The molecule has 1 aliphatic rings. The molecule has 4 nitrogen and oxygen atoms in total. The molecule has 0 unspecified atom stereocenters. The zero-order chi connectivity index (χ0) is 13.7. The fourth-order valence-electron chi connectivity index (χ4n) is 2.81. The van der Waals surface area contributed by atoms with Crippen LogP contribution in [0.5, 0.6) is 5.75 Å². The zero-order valence-corrected chi connectivity index (χ0v) is 11.9. The van der Waals surface area contributed by atoms with Gasteiger partial charge in [0.15, 0.2) is 0 Å². The van der Waals surface area contributed by atoms with Crippen molar-refractivity contribution in [3.8, 4) is 5.75 Å². The predicted molar refractivity (Wildman–Crippen MR) is 75.3 cm³/mol. The average molecular weight is 264 g/mol. The van der Waals surface area contributed by atoms with Crippen molar-refractivity contribution in [2.24, 2.45) is 0 Å². The molecule has 0 aromatic carbocycles. The summed E-state index contributed by atoms with van der Waals surface area (Å²) in [6, 6.07) is 3.87. The lowest BCUT2D eigenvalue weighted by Gasteiger charge is -2.36. The van der Waals surface area contributed by atoms with Crippen molar-refractivity contribution in [2.75, 3.05) is 13.7 Å². The topological polar surface area (TPSA) is 54.4 Å². The molecule has 2 N–H and O–H groups in total. The number of hydrogen-bond acceptors (Lipinski definition) is 4. The van der Waals surface area contributed by atoms with Gasteiger partial charge in [-0.2, -0.15) is 0 Å². The van der Waals surface area contributed by atoms with Gasteiger partial charge in [-0.3, -0.25) is 4.98 Å². The number of pyridine rings is 1. The molecule has 0 aliphatic heterocycles. The zero-order valence-electron chi connectivity index (χ0n) is 11.9. The second-order valence-electron chi connectivity index (χ2n) is 5.49. The van der Waals surface area contributed by atoms with Gasteiger partial charge < -0.3 is 15.2 Å². The Labute approximate surface area is 115 Å². The highest BCUT2D eigenvalue weighted by Crippen LogP contribution is 2.28. The molecular formula is C15H24N2O2. The van der Waals surface area contributed by atoms with Crippen molar-refractivity contribution in [2.45, 2.75) is 51.1 Å². The molecule has 0 amide bonds. The molecule has 0 spiro atoms. The first-order valence-electron chi connectivity index (χ1n) is 7.05. The smallest absolute Gasteiger partial charge is 0.122 e. The third-order valence-electron chi connectivity index (χ3n) is 3.97. The van der Waals surface area contributed by atoms with Gasteiger partial charge >= 0.3 is 0 Å². The van der Waals surface area contributed by atoms with Crippen LogP contribution >= 0.6 is 0 Å². The van der Waals surface area contributed by atoms with E-state index in [1.165, 1.54) is 19.3 Å². The van der Waals surface area contributed by atoms with Crippen LogP contribution in [0, 0.1) is 6.92 Å². The number of nitrogens with one attached hydrogen (secondary N) is 1. The summed E-state index contributed by atoms with van der Waals surface area (Å²) in [7, 11) is 1.67. The van der Waals surface area contributed by atoms with Crippen molar-refractivity contribution in [3.63, 3.8) is 0 Å². The quantitative estimate of drug-likeness (QED) is 0.856. The van der Waals surface area contributed by atoms with Gasteiger partial charge in [0.25, 0.3) is 0 Å². The van der Waals surface area contributed by atoms with Crippen LogP contribution < -0.4 is 10.1 Å². The van der Waals surface area contributed by atoms with Gasteiger partial charge in [0.2, 0.25) is 0 Å². The number of methoxy groups -OCH3 is 1. The van der Waals surface area contributed by atoms with E-state index in [-0.39, 0.29) is 12.1 Å². The lowest BCUT2D eigenvalue weighted by atomic mass is 9.82. The van der Waals surface area contributed by atoms with Crippen LogP contribution in [0.3, 0.4) is 0 Å². The highest BCUT2D eigenvalue weighted by molar-refractivity contribution is 5.26. The number of aliphatic hydroxyl groups excluding tert-OH is 1. The summed E-state index contributed by atoms with van der Waals surface area (Å²) in [4.78, 5) is 4.51. The molecule has 0 saturated heterocycles. The van der Waals surface area contributed by atoms with Crippen LogP contribution in [0.4, 0.5) is 0 Å². The van der Waals surface area contributed by atoms with Crippen molar-refractivity contribution in [1.82, 2.24) is 10.3 Å². The van der Waals surface area contributed by atoms with Crippen LogP contribution in [0.2, 0.25) is 0 Å². The summed E-state index contributed by atoms with van der Waals surface area (Å²) in [5, 5.41) is 13.2. The van der Waals surface area contributed by atoms with E-state index in [1.54, 1.807) is 7.11 Å². The van der Waals surface area contributed by atoms with Gasteiger partial charge in [-0.1, -0.05) is 19.3 Å². The number of ether oxygens (including phenoxy) is 1. The molecular weight excluding hydrogens is 240 g/mol. The monoisotopic (exact) mass is 264 g/mol. The number of aryl methyl sites for hydroxylation is 1. The van der Waals surface area contributed by atoms with Crippen molar-refractivity contribution < 1.29 is 9.84 Å². The van der Waals surface area contributed by atoms with E-state index in [0.717, 1.165) is 30.0 Å². The van der Waals surface area contributed by atoms with E-state index < -0.39 is 0 Å². The molecule has 19 heavy (non-hydrogen) atoms. The van der Waals surface area contributed by atoms with Gasteiger partial charge in [0.1, 0.15) is 5.75 Å². The van der Waals surface area contributed by atoms with Crippen molar-refractivity contribution in [1.29, 1.82) is 0 Å². The fraction of sp³-hybridized carbons (Fsp3) is 0.667. The molecule has 2 rings (SSSR count). The van der Waals surface area contributed by atoms with Gasteiger partial charge in [0.05, 0.1) is 19.4 Å². The number of aliphatic hydroxyl groups is 1. The third-order valence-corrected chi connectivity index (χ3v) is 3.97. The summed E-state index contributed by atoms with van der Waals surface area (Å²) >= 11 is 0. The van der Waals surface area contributed by atoms with Crippen LogP contribution in [-0.2, 0) is 6.54 Å². The second kappa shape index (κ2) is 6.35. The van der Waals surface area contributed by atoms with Crippen LogP contribution in [-0.4, -0.2) is 29.3 Å². The van der Waals surface area contributed by atoms with Gasteiger partial charge in [-0.15, -0.1) is 0 Å². The normalized spacial score (nSPS) is 18.3. The Bertz CT molecular complexity index is 415. The first kappa shape index (κ1) is 14.3. The van der Waals surface area contributed by atoms with Crippen molar-refractivity contribution >= 4 is 0 Å². The Morgan fingerprint density at radius 3 is 2.68 bits per heavy atom. The maximum absolute atomic E-state index is 9.67. The van der Waals surface area contributed by atoms with E-state index in [1.807, 2.05) is 19.1 Å². The minimum absolute atomic E-state index is 0.114. The first-order chi connectivity index (χ1) is 9.17. The summed E-state index contributed by atoms with van der Waals surface area (Å²) in [6.45, 7) is 2.85. The molecule has 1 aromatic heterocycles. The second-order valence-corrected chi connectivity index (χ2v) is 5.49. The molecule has 0 bridgehead atoms. The Morgan fingerprint density at radius 1 is 1.32 bits per heavy atom. The van der Waals surface area contributed by atoms with Crippen LogP contribution in [0.15, 0.2) is 12.1 Å². The lowest BCUT2D eigenvalue weighted by Crippen LogP contribution is -2.49. The molecule has 1 heterocycles. The highest BCUT2D eigenvalue weighted by atomic mass is 16.5. The van der Waals surface area contributed by atoms with Gasteiger partial charge in [-0.25, -0.2) is 0 Å². The van der Waals surface area contributed by atoms with E-state index in [2.05, 4.69) is 10.3 Å². The number of rotatable bonds is 5. The fourth-order valence-corrected chi connectivity index (χ4v) is 2.81. The van der Waals surface area contributed by atoms with E-state index in [9.17, 15) is 5.11 Å². The van der Waals surface area contributed by atoms with Gasteiger partial charge in [0, 0.05) is 29.9 Å². The Balaban J connectivity index is 2.02. The van der Waals surface area contributed by atoms with Gasteiger partial charge in [-0.05, 0) is 19.8 Å². The summed E-state index contributed by atoms with van der Waals surface area (Å²) in [5.41, 5.74) is 1.81. The van der Waals surface area contributed by atoms with E-state index in [4.69, 9.17) is 4.74 Å². The number of nitrogens with zero attached hydrogens (tertiary/aromatic N) is 1. The Kier molecular flexibility index (Phi) is 4.77. The van der Waals surface area contributed by atoms with Crippen LogP contribution in [0.1, 0.15) is 43.5 Å². The number of aromatic nitrogens is 1. The standard InChI is InChI=1S/C15H24N2O2/c1-12-8-14(19-2)9-13(17-12)10-16-15(11-18)6-4-3-5-7-15/h8-9,16,18H,3-7,10-11H2,1-2H3. The maximum Gasteiger partial charge on any atom is 0.122 e. The maximum atomic E-state index is 9.67. The summed E-state index contributed by atoms with van der Waals surface area (Å²) in [5.74, 6) is 0.839. The molecule has 1 aliphatic carbocycles. The molecule has 0 radical (unpaired) electrons. The Hall–Kier alpha value is -1.13. The molecule has 4 heteroatoms. The van der Waals surface area contributed by atoms with E-state index in [0.29, 0.717) is 6.54 Å². The van der Waals surface area contributed by atoms with E-state index >= 15 is 0 Å². The molecule has 0 atom stereocenters. The predicted octanol–water partition coefficient (Wildman–Crippen LogP) is 2.18. The van der Waals surface area contributed by atoms with Crippen molar-refractivity contribution in [3.05, 3.63) is 23.5 Å². The third kappa shape index (κ3) is 3.67. The minimum atomic E-state index is -0.114. The summed E-state index contributed by atoms with van der Waals surface area (Å²) < 4.78 is 5.26. The summed E-state index contributed by atoms with van der Waals surface area (Å²) in [6.07, 6.45) is 5.76. The number of hydrogen-bond donors (Lipinski definition) is 2. The molecule has 1 saturated carbocycles. The molecule has 1 fully saturated rings. The lowest BCUT2D eigenvalue weighted by molar-refractivity contribution is 0.119. The largest absolute Gasteiger partial charge is 0.497 e.